The van der Waals surface area contributed by atoms with Crippen LogP contribution in [-0.4, -0.2) is 45.7 Å². The molecule has 2 aromatic carbocycles. The molecular weight excluding hydrogens is 364 g/mol. The number of esters is 1. The molecule has 8 nitrogen and oxygen atoms in total. The summed E-state index contributed by atoms with van der Waals surface area (Å²) in [4.78, 5) is 37.3. The van der Waals surface area contributed by atoms with Gasteiger partial charge in [-0.25, -0.2) is 4.79 Å². The third-order valence-electron chi connectivity index (χ3n) is 3.96. The summed E-state index contributed by atoms with van der Waals surface area (Å²) < 4.78 is 15.0. The normalized spacial score (nSPS) is 10.0. The molecule has 0 saturated carbocycles. The van der Waals surface area contributed by atoms with Gasteiger partial charge in [0.05, 0.1) is 32.6 Å². The first kappa shape index (κ1) is 20.8. The van der Waals surface area contributed by atoms with E-state index in [-0.39, 0.29) is 12.5 Å². The molecule has 2 aromatic rings. The largest absolute Gasteiger partial charge is 0.497 e. The molecule has 0 radical (unpaired) electrons. The summed E-state index contributed by atoms with van der Waals surface area (Å²) in [6.07, 6.45) is 0. The minimum atomic E-state index is -0.481. The standard InChI is InChI=1S/C20H22N2O6/c1-13(23)22(15-7-5-14(6-8-15)20(25)28-4)12-19(24)21-17-10-9-16(26-2)11-18(17)27-3/h5-11H,12H2,1-4H3,(H,21,24). The highest BCUT2D eigenvalue weighted by atomic mass is 16.5. The maximum absolute atomic E-state index is 12.5. The monoisotopic (exact) mass is 386 g/mol. The highest BCUT2D eigenvalue weighted by Gasteiger charge is 2.18. The van der Waals surface area contributed by atoms with Crippen molar-refractivity contribution in [2.45, 2.75) is 6.92 Å². The fraction of sp³-hybridized carbons (Fsp3) is 0.250. The molecule has 0 heterocycles. The number of anilines is 2. The summed E-state index contributed by atoms with van der Waals surface area (Å²) in [6, 6.07) is 11.2. The molecule has 0 aliphatic rings. The van der Waals surface area contributed by atoms with Gasteiger partial charge in [-0.2, -0.15) is 0 Å². The van der Waals surface area contributed by atoms with Crippen LogP contribution >= 0.6 is 0 Å². The zero-order valence-electron chi connectivity index (χ0n) is 16.1. The first-order chi connectivity index (χ1) is 13.4. The molecule has 0 bridgehead atoms. The summed E-state index contributed by atoms with van der Waals surface area (Å²) >= 11 is 0. The quantitative estimate of drug-likeness (QED) is 0.735. The van der Waals surface area contributed by atoms with E-state index in [0.717, 1.165) is 0 Å². The van der Waals surface area contributed by atoms with Gasteiger partial charge >= 0.3 is 5.97 Å². The molecule has 2 rings (SSSR count). The smallest absolute Gasteiger partial charge is 0.337 e. The average Bonchev–Trinajstić information content (AvgIpc) is 2.71. The molecule has 0 fully saturated rings. The summed E-state index contributed by atoms with van der Waals surface area (Å²) in [5.41, 5.74) is 1.29. The number of methoxy groups -OCH3 is 3. The van der Waals surface area contributed by atoms with Crippen LogP contribution in [0.1, 0.15) is 17.3 Å². The molecular formula is C20H22N2O6. The van der Waals surface area contributed by atoms with E-state index in [1.165, 1.54) is 45.3 Å². The van der Waals surface area contributed by atoms with E-state index in [0.29, 0.717) is 28.4 Å². The van der Waals surface area contributed by atoms with E-state index >= 15 is 0 Å². The van der Waals surface area contributed by atoms with Crippen LogP contribution in [0.4, 0.5) is 11.4 Å². The number of amides is 2. The Balaban J connectivity index is 2.15. The Morgan fingerprint density at radius 2 is 1.64 bits per heavy atom. The molecule has 1 N–H and O–H groups in total. The third-order valence-corrected chi connectivity index (χ3v) is 3.96. The molecule has 2 amide bonds. The Morgan fingerprint density at radius 1 is 0.964 bits per heavy atom. The van der Waals surface area contributed by atoms with Crippen molar-refractivity contribution in [1.29, 1.82) is 0 Å². The maximum atomic E-state index is 12.5. The second kappa shape index (κ2) is 9.40. The molecule has 0 saturated heterocycles. The van der Waals surface area contributed by atoms with Crippen LogP contribution in [0.15, 0.2) is 42.5 Å². The van der Waals surface area contributed by atoms with Crippen LogP contribution in [0.25, 0.3) is 0 Å². The molecule has 0 atom stereocenters. The van der Waals surface area contributed by atoms with Crippen molar-refractivity contribution in [3.05, 3.63) is 48.0 Å². The number of rotatable bonds is 7. The Bertz CT molecular complexity index is 863. The first-order valence-electron chi connectivity index (χ1n) is 8.38. The van der Waals surface area contributed by atoms with E-state index in [1.807, 2.05) is 0 Å². The van der Waals surface area contributed by atoms with Crippen LogP contribution in [-0.2, 0) is 14.3 Å². The Hall–Kier alpha value is -3.55. The highest BCUT2D eigenvalue weighted by molar-refractivity contribution is 6.02. The minimum Gasteiger partial charge on any atom is -0.497 e. The van der Waals surface area contributed by atoms with Gasteiger partial charge in [-0.1, -0.05) is 0 Å². The second-order valence-corrected chi connectivity index (χ2v) is 5.76. The zero-order chi connectivity index (χ0) is 20.7. The molecule has 28 heavy (non-hydrogen) atoms. The van der Waals surface area contributed by atoms with E-state index in [1.54, 1.807) is 30.3 Å². The van der Waals surface area contributed by atoms with Gasteiger partial charge in [-0.3, -0.25) is 9.59 Å². The molecule has 0 unspecified atom stereocenters. The van der Waals surface area contributed by atoms with Gasteiger partial charge in [-0.15, -0.1) is 0 Å². The third kappa shape index (κ3) is 5.00. The summed E-state index contributed by atoms with van der Waals surface area (Å²) in [6.45, 7) is 1.15. The van der Waals surface area contributed by atoms with Gasteiger partial charge in [0, 0.05) is 18.7 Å². The van der Waals surface area contributed by atoms with Gasteiger partial charge in [-0.05, 0) is 36.4 Å². The summed E-state index contributed by atoms with van der Waals surface area (Å²) in [5.74, 6) is -0.181. The summed E-state index contributed by atoms with van der Waals surface area (Å²) in [5, 5.41) is 2.72. The second-order valence-electron chi connectivity index (χ2n) is 5.76. The number of hydrogen-bond donors (Lipinski definition) is 1. The molecule has 0 aromatic heterocycles. The maximum Gasteiger partial charge on any atom is 0.337 e. The van der Waals surface area contributed by atoms with Crippen LogP contribution in [0.3, 0.4) is 0 Å². The fourth-order valence-electron chi connectivity index (χ4n) is 2.51. The molecule has 0 aliphatic heterocycles. The van der Waals surface area contributed by atoms with Crippen LogP contribution < -0.4 is 19.7 Å². The lowest BCUT2D eigenvalue weighted by molar-refractivity contribution is -0.120. The Labute approximate surface area is 163 Å². The van der Waals surface area contributed by atoms with E-state index in [9.17, 15) is 14.4 Å². The highest BCUT2D eigenvalue weighted by Crippen LogP contribution is 2.29. The van der Waals surface area contributed by atoms with Crippen LogP contribution in [0.5, 0.6) is 11.5 Å². The number of carbonyl (C=O) groups is 3. The molecule has 0 spiro atoms. The van der Waals surface area contributed by atoms with Gasteiger partial charge in [0.15, 0.2) is 0 Å². The number of hydrogen-bond acceptors (Lipinski definition) is 6. The van der Waals surface area contributed by atoms with Crippen molar-refractivity contribution in [3.8, 4) is 11.5 Å². The van der Waals surface area contributed by atoms with Crippen LogP contribution in [0, 0.1) is 0 Å². The SMILES string of the molecule is COC(=O)c1ccc(N(CC(=O)Nc2ccc(OC)cc2OC)C(C)=O)cc1. The zero-order valence-corrected chi connectivity index (χ0v) is 16.1. The number of benzene rings is 2. The number of carbonyl (C=O) groups excluding carboxylic acids is 3. The van der Waals surface area contributed by atoms with Crippen molar-refractivity contribution in [1.82, 2.24) is 0 Å². The number of nitrogens with one attached hydrogen (secondary N) is 1. The van der Waals surface area contributed by atoms with Gasteiger partial charge < -0.3 is 24.4 Å². The lowest BCUT2D eigenvalue weighted by Crippen LogP contribution is -2.36. The lowest BCUT2D eigenvalue weighted by atomic mass is 10.2. The average molecular weight is 386 g/mol. The number of ether oxygens (including phenoxy) is 3. The lowest BCUT2D eigenvalue weighted by Gasteiger charge is -2.21. The molecule has 8 heteroatoms. The fourth-order valence-corrected chi connectivity index (χ4v) is 2.51. The van der Waals surface area contributed by atoms with Gasteiger partial charge in [0.1, 0.15) is 18.0 Å². The van der Waals surface area contributed by atoms with E-state index in [2.05, 4.69) is 10.1 Å². The van der Waals surface area contributed by atoms with Crippen molar-refractivity contribution in [2.24, 2.45) is 0 Å². The Morgan fingerprint density at radius 3 is 2.18 bits per heavy atom. The van der Waals surface area contributed by atoms with Crippen molar-refractivity contribution < 1.29 is 28.6 Å². The van der Waals surface area contributed by atoms with Crippen molar-refractivity contribution in [3.63, 3.8) is 0 Å². The topological polar surface area (TPSA) is 94.2 Å². The first-order valence-corrected chi connectivity index (χ1v) is 8.38. The predicted molar refractivity (Wildman–Crippen MR) is 104 cm³/mol. The van der Waals surface area contributed by atoms with Gasteiger partial charge in [0.25, 0.3) is 0 Å². The minimum absolute atomic E-state index is 0.206. The van der Waals surface area contributed by atoms with Crippen molar-refractivity contribution in [2.75, 3.05) is 38.1 Å². The Kier molecular flexibility index (Phi) is 6.97. The summed E-state index contributed by atoms with van der Waals surface area (Å²) in [7, 11) is 4.30. The number of nitrogens with zero attached hydrogens (tertiary/aromatic N) is 1. The van der Waals surface area contributed by atoms with Crippen molar-refractivity contribution >= 4 is 29.2 Å². The predicted octanol–water partition coefficient (Wildman–Crippen LogP) is 2.48. The van der Waals surface area contributed by atoms with Crippen LogP contribution in [0.2, 0.25) is 0 Å². The van der Waals surface area contributed by atoms with E-state index < -0.39 is 11.9 Å². The molecule has 0 aliphatic carbocycles. The van der Waals surface area contributed by atoms with E-state index in [4.69, 9.17) is 9.47 Å². The molecule has 148 valence electrons. The van der Waals surface area contributed by atoms with Gasteiger partial charge in [0.2, 0.25) is 11.8 Å².